The number of aromatic nitrogens is 6. The third-order valence-corrected chi connectivity index (χ3v) is 5.29. The fraction of sp³-hybridized carbons (Fsp3) is 0.136. The van der Waals surface area contributed by atoms with Crippen LogP contribution in [0.25, 0.3) is 28.2 Å². The monoisotopic (exact) mass is 430 g/mol. The summed E-state index contributed by atoms with van der Waals surface area (Å²) < 4.78 is 14.7. The standard InChI is InChI=1S/C22H19FN8O/c1-11-16(12(2)31-22(25-11)29-21(24)30-31)10-19(32)26-15-7-8-17-18(9-15)28-20(27-17)13-3-5-14(23)6-4-13/h3-9H,10H2,1-2H3,(H2,24,30)(H,26,32)(H,27,28). The molecule has 0 aliphatic carbocycles. The van der Waals surface area contributed by atoms with Crippen molar-refractivity contribution >= 4 is 34.4 Å². The molecule has 0 saturated heterocycles. The third kappa shape index (κ3) is 3.51. The number of anilines is 2. The molecular formula is C22H19FN8O. The maximum Gasteiger partial charge on any atom is 0.254 e. The minimum Gasteiger partial charge on any atom is -0.366 e. The molecule has 9 nitrogen and oxygen atoms in total. The Kier molecular flexibility index (Phi) is 4.54. The molecule has 3 aromatic heterocycles. The van der Waals surface area contributed by atoms with Crippen LogP contribution in [0, 0.1) is 19.7 Å². The van der Waals surface area contributed by atoms with Crippen LogP contribution in [0.15, 0.2) is 42.5 Å². The highest BCUT2D eigenvalue weighted by molar-refractivity contribution is 5.94. The van der Waals surface area contributed by atoms with Crippen molar-refractivity contribution < 1.29 is 9.18 Å². The van der Waals surface area contributed by atoms with Crippen LogP contribution in [0.4, 0.5) is 16.0 Å². The highest BCUT2D eigenvalue weighted by Gasteiger charge is 2.16. The predicted octanol–water partition coefficient (Wildman–Crippen LogP) is 3.19. The zero-order valence-electron chi connectivity index (χ0n) is 17.3. The average molecular weight is 430 g/mol. The third-order valence-electron chi connectivity index (χ3n) is 5.29. The Morgan fingerprint density at radius 3 is 2.69 bits per heavy atom. The van der Waals surface area contributed by atoms with Crippen LogP contribution >= 0.6 is 0 Å². The molecule has 0 saturated carbocycles. The van der Waals surface area contributed by atoms with Gasteiger partial charge in [-0.05, 0) is 56.3 Å². The molecule has 5 aromatic rings. The number of hydrogen-bond donors (Lipinski definition) is 3. The zero-order valence-corrected chi connectivity index (χ0v) is 17.3. The number of fused-ring (bicyclic) bond motifs is 2. The van der Waals surface area contributed by atoms with Crippen LogP contribution in [0.1, 0.15) is 17.0 Å². The summed E-state index contributed by atoms with van der Waals surface area (Å²) in [4.78, 5) is 28.9. The molecule has 4 N–H and O–H groups in total. The molecule has 32 heavy (non-hydrogen) atoms. The number of imidazole rings is 1. The maximum absolute atomic E-state index is 13.2. The Bertz CT molecular complexity index is 1490. The lowest BCUT2D eigenvalue weighted by Crippen LogP contribution is -2.17. The summed E-state index contributed by atoms with van der Waals surface area (Å²) in [5.74, 6) is 0.670. The Morgan fingerprint density at radius 1 is 1.12 bits per heavy atom. The number of benzene rings is 2. The second kappa shape index (κ2) is 7.41. The Hall–Kier alpha value is -4.34. The highest BCUT2D eigenvalue weighted by atomic mass is 19.1. The van der Waals surface area contributed by atoms with Gasteiger partial charge in [0, 0.05) is 28.2 Å². The number of nitrogens with two attached hydrogens (primary N) is 1. The molecule has 2 aromatic carbocycles. The first-order chi connectivity index (χ1) is 15.4. The van der Waals surface area contributed by atoms with Gasteiger partial charge in [-0.15, -0.1) is 5.10 Å². The van der Waals surface area contributed by atoms with E-state index in [1.54, 1.807) is 22.7 Å². The molecule has 0 aliphatic heterocycles. The summed E-state index contributed by atoms with van der Waals surface area (Å²) in [7, 11) is 0. The number of amides is 1. The first-order valence-corrected chi connectivity index (χ1v) is 9.91. The van der Waals surface area contributed by atoms with Crippen LogP contribution in [-0.4, -0.2) is 35.5 Å². The summed E-state index contributed by atoms with van der Waals surface area (Å²) in [6.45, 7) is 3.68. The van der Waals surface area contributed by atoms with E-state index in [4.69, 9.17) is 5.73 Å². The van der Waals surface area contributed by atoms with Crippen molar-refractivity contribution in [2.75, 3.05) is 11.1 Å². The molecule has 0 bridgehead atoms. The number of nitrogens with zero attached hydrogens (tertiary/aromatic N) is 5. The number of carbonyl (C=O) groups excluding carboxylic acids is 1. The summed E-state index contributed by atoms with van der Waals surface area (Å²) >= 11 is 0. The van der Waals surface area contributed by atoms with E-state index in [0.717, 1.165) is 27.9 Å². The number of halogens is 1. The van der Waals surface area contributed by atoms with Crippen molar-refractivity contribution in [3.8, 4) is 11.4 Å². The summed E-state index contributed by atoms with van der Waals surface area (Å²) in [6.07, 6.45) is 0.127. The average Bonchev–Trinajstić information content (AvgIpc) is 3.34. The predicted molar refractivity (Wildman–Crippen MR) is 118 cm³/mol. The number of nitrogens with one attached hydrogen (secondary N) is 2. The minimum atomic E-state index is -0.304. The molecule has 0 aliphatic rings. The van der Waals surface area contributed by atoms with E-state index in [1.165, 1.54) is 12.1 Å². The Morgan fingerprint density at radius 2 is 1.91 bits per heavy atom. The summed E-state index contributed by atoms with van der Waals surface area (Å²) in [5, 5.41) is 7.04. The zero-order chi connectivity index (χ0) is 22.4. The number of carbonyl (C=O) groups is 1. The van der Waals surface area contributed by atoms with E-state index in [1.807, 2.05) is 26.0 Å². The summed E-state index contributed by atoms with van der Waals surface area (Å²) in [6, 6.07) is 11.5. The topological polar surface area (TPSA) is 127 Å². The molecule has 0 spiro atoms. The largest absolute Gasteiger partial charge is 0.366 e. The molecule has 0 unspecified atom stereocenters. The minimum absolute atomic E-state index is 0.127. The van der Waals surface area contributed by atoms with Gasteiger partial charge in [-0.2, -0.15) is 9.50 Å². The van der Waals surface area contributed by atoms with Crippen molar-refractivity contribution in [3.05, 3.63) is 65.2 Å². The van der Waals surface area contributed by atoms with Crippen LogP contribution < -0.4 is 11.1 Å². The lowest BCUT2D eigenvalue weighted by Gasteiger charge is -2.10. The van der Waals surface area contributed by atoms with Crippen molar-refractivity contribution in [3.63, 3.8) is 0 Å². The lowest BCUT2D eigenvalue weighted by molar-refractivity contribution is -0.115. The number of aryl methyl sites for hydroxylation is 2. The number of H-pyrrole nitrogens is 1. The van der Waals surface area contributed by atoms with E-state index in [0.29, 0.717) is 23.0 Å². The molecular weight excluding hydrogens is 411 g/mol. The van der Waals surface area contributed by atoms with Gasteiger partial charge in [0.1, 0.15) is 11.6 Å². The van der Waals surface area contributed by atoms with Crippen LogP contribution in [0.2, 0.25) is 0 Å². The molecule has 0 fully saturated rings. The first kappa shape index (κ1) is 19.6. The van der Waals surface area contributed by atoms with E-state index in [9.17, 15) is 9.18 Å². The fourth-order valence-electron chi connectivity index (χ4n) is 3.68. The molecule has 5 rings (SSSR count). The summed E-state index contributed by atoms with van der Waals surface area (Å²) in [5.41, 5.74) is 10.8. The quantitative estimate of drug-likeness (QED) is 0.402. The first-order valence-electron chi connectivity index (χ1n) is 9.91. The van der Waals surface area contributed by atoms with Crippen LogP contribution in [0.5, 0.6) is 0 Å². The fourth-order valence-corrected chi connectivity index (χ4v) is 3.68. The molecule has 0 radical (unpaired) electrons. The van der Waals surface area contributed by atoms with E-state index >= 15 is 0 Å². The maximum atomic E-state index is 13.2. The SMILES string of the molecule is Cc1nc2nc(N)nn2c(C)c1CC(=O)Nc1ccc2nc(-c3ccc(F)cc3)[nH]c2c1. The second-order valence-corrected chi connectivity index (χ2v) is 7.49. The molecule has 1 amide bonds. The van der Waals surface area contributed by atoms with Crippen molar-refractivity contribution in [2.45, 2.75) is 20.3 Å². The molecule has 3 heterocycles. The number of nitrogen functional groups attached to an aromatic ring is 1. The van der Waals surface area contributed by atoms with Gasteiger partial charge in [0.25, 0.3) is 5.78 Å². The van der Waals surface area contributed by atoms with Crippen molar-refractivity contribution in [1.82, 2.24) is 29.5 Å². The lowest BCUT2D eigenvalue weighted by atomic mass is 10.1. The van der Waals surface area contributed by atoms with Crippen molar-refractivity contribution in [1.29, 1.82) is 0 Å². The van der Waals surface area contributed by atoms with Gasteiger partial charge < -0.3 is 16.0 Å². The van der Waals surface area contributed by atoms with Crippen LogP contribution in [0.3, 0.4) is 0 Å². The number of aromatic amines is 1. The van der Waals surface area contributed by atoms with Gasteiger partial charge in [0.15, 0.2) is 0 Å². The highest BCUT2D eigenvalue weighted by Crippen LogP contribution is 2.23. The normalized spacial score (nSPS) is 11.3. The van der Waals surface area contributed by atoms with E-state index in [-0.39, 0.29) is 24.1 Å². The smallest absolute Gasteiger partial charge is 0.254 e. The second-order valence-electron chi connectivity index (χ2n) is 7.49. The molecule has 10 heteroatoms. The van der Waals surface area contributed by atoms with Gasteiger partial charge in [-0.25, -0.2) is 14.4 Å². The van der Waals surface area contributed by atoms with Gasteiger partial charge in [-0.1, -0.05) is 0 Å². The van der Waals surface area contributed by atoms with Gasteiger partial charge in [-0.3, -0.25) is 4.79 Å². The molecule has 0 atom stereocenters. The molecule has 160 valence electrons. The van der Waals surface area contributed by atoms with Gasteiger partial charge in [0.05, 0.1) is 17.5 Å². The number of rotatable bonds is 4. The van der Waals surface area contributed by atoms with Crippen LogP contribution in [-0.2, 0) is 11.2 Å². The van der Waals surface area contributed by atoms with Gasteiger partial charge >= 0.3 is 0 Å². The van der Waals surface area contributed by atoms with E-state index in [2.05, 4.69) is 30.4 Å². The van der Waals surface area contributed by atoms with E-state index < -0.39 is 0 Å². The van der Waals surface area contributed by atoms with Gasteiger partial charge in [0.2, 0.25) is 11.9 Å². The Balaban J connectivity index is 1.38. The Labute approximate surface area is 181 Å². The number of hydrogen-bond acceptors (Lipinski definition) is 6. The van der Waals surface area contributed by atoms with Crippen molar-refractivity contribution in [2.24, 2.45) is 0 Å².